The lowest BCUT2D eigenvalue weighted by Crippen LogP contribution is -2.24. The van der Waals surface area contributed by atoms with E-state index in [2.05, 4.69) is 31.3 Å². The number of carbonyl (C=O) groups is 1. The summed E-state index contributed by atoms with van der Waals surface area (Å²) in [4.78, 5) is 11.9. The van der Waals surface area contributed by atoms with Crippen molar-refractivity contribution < 1.29 is 19.0 Å². The van der Waals surface area contributed by atoms with Gasteiger partial charge in [-0.15, -0.1) is 0 Å². The number of carbonyl (C=O) groups excluding carboxylic acids is 1. The first-order valence-corrected chi connectivity index (χ1v) is 8.61. The highest BCUT2D eigenvalue weighted by Crippen LogP contribution is 2.24. The van der Waals surface area contributed by atoms with E-state index >= 15 is 0 Å². The van der Waals surface area contributed by atoms with E-state index in [0.717, 1.165) is 0 Å². The molecule has 0 aromatic heterocycles. The maximum absolute atomic E-state index is 11.9. The molecule has 0 bridgehead atoms. The van der Waals surface area contributed by atoms with Crippen LogP contribution in [0.5, 0.6) is 17.2 Å². The van der Waals surface area contributed by atoms with E-state index in [0.29, 0.717) is 22.8 Å². The number of hydrogen-bond acceptors (Lipinski definition) is 5. The molecule has 1 N–H and O–H groups in total. The molecule has 0 heterocycles. The number of amides is 1. The number of rotatable bonds is 7. The molecule has 2 aromatic carbocycles. The molecule has 6 heteroatoms. The number of methoxy groups -OCH3 is 2. The molecule has 0 radical (unpaired) electrons. The average molecular weight is 370 g/mol. The van der Waals surface area contributed by atoms with Crippen molar-refractivity contribution in [3.63, 3.8) is 0 Å². The van der Waals surface area contributed by atoms with E-state index in [1.54, 1.807) is 32.4 Å². The Hall–Kier alpha value is -3.02. The highest BCUT2D eigenvalue weighted by atomic mass is 16.5. The van der Waals surface area contributed by atoms with Crippen LogP contribution in [-0.2, 0) is 10.2 Å². The van der Waals surface area contributed by atoms with Crippen LogP contribution in [0.1, 0.15) is 31.9 Å². The summed E-state index contributed by atoms with van der Waals surface area (Å²) in [6, 6.07) is 13.0. The summed E-state index contributed by atoms with van der Waals surface area (Å²) in [5.41, 5.74) is 4.41. The lowest BCUT2D eigenvalue weighted by atomic mass is 9.87. The maximum atomic E-state index is 11.9. The van der Waals surface area contributed by atoms with E-state index in [4.69, 9.17) is 14.2 Å². The van der Waals surface area contributed by atoms with Gasteiger partial charge in [0, 0.05) is 5.56 Å². The van der Waals surface area contributed by atoms with Crippen molar-refractivity contribution in [2.45, 2.75) is 26.2 Å². The van der Waals surface area contributed by atoms with Gasteiger partial charge in [0.25, 0.3) is 5.91 Å². The van der Waals surface area contributed by atoms with Crippen LogP contribution in [0.25, 0.3) is 0 Å². The van der Waals surface area contributed by atoms with Gasteiger partial charge in [-0.05, 0) is 41.3 Å². The number of benzene rings is 2. The second-order valence-corrected chi connectivity index (χ2v) is 6.96. The lowest BCUT2D eigenvalue weighted by molar-refractivity contribution is -0.123. The summed E-state index contributed by atoms with van der Waals surface area (Å²) < 4.78 is 15.9. The topological polar surface area (TPSA) is 69.2 Å². The molecule has 0 fully saturated rings. The average Bonchev–Trinajstić information content (AvgIpc) is 2.66. The van der Waals surface area contributed by atoms with Crippen LogP contribution in [0.15, 0.2) is 47.6 Å². The monoisotopic (exact) mass is 370 g/mol. The predicted molar refractivity (Wildman–Crippen MR) is 106 cm³/mol. The van der Waals surface area contributed by atoms with Gasteiger partial charge in [0.1, 0.15) is 17.2 Å². The summed E-state index contributed by atoms with van der Waals surface area (Å²) in [5.74, 6) is 1.58. The number of hydrazone groups is 1. The zero-order valence-corrected chi connectivity index (χ0v) is 16.4. The van der Waals surface area contributed by atoms with Gasteiger partial charge < -0.3 is 14.2 Å². The van der Waals surface area contributed by atoms with Gasteiger partial charge in [0.05, 0.1) is 20.4 Å². The summed E-state index contributed by atoms with van der Waals surface area (Å²) in [6.07, 6.45) is 1.50. The molecule has 0 spiro atoms. The molecular formula is C21H26N2O4. The van der Waals surface area contributed by atoms with Crippen molar-refractivity contribution in [3.8, 4) is 17.2 Å². The van der Waals surface area contributed by atoms with Crippen molar-refractivity contribution in [1.82, 2.24) is 5.43 Å². The van der Waals surface area contributed by atoms with E-state index in [9.17, 15) is 4.79 Å². The van der Waals surface area contributed by atoms with Gasteiger partial charge in [0.2, 0.25) is 0 Å². The zero-order chi connectivity index (χ0) is 19.9. The summed E-state index contributed by atoms with van der Waals surface area (Å²) in [7, 11) is 3.15. The number of nitrogens with one attached hydrogen (secondary N) is 1. The molecule has 0 aliphatic heterocycles. The Bertz CT molecular complexity index is 793. The molecule has 0 atom stereocenters. The second-order valence-electron chi connectivity index (χ2n) is 6.96. The Morgan fingerprint density at radius 2 is 1.70 bits per heavy atom. The maximum Gasteiger partial charge on any atom is 0.277 e. The second kappa shape index (κ2) is 9.07. The van der Waals surface area contributed by atoms with Gasteiger partial charge in [-0.3, -0.25) is 4.79 Å². The molecule has 0 aliphatic carbocycles. The predicted octanol–water partition coefficient (Wildman–Crippen LogP) is 3.53. The highest BCUT2D eigenvalue weighted by molar-refractivity contribution is 5.86. The Kier molecular flexibility index (Phi) is 6.82. The fourth-order valence-corrected chi connectivity index (χ4v) is 2.35. The molecule has 6 nitrogen and oxygen atoms in total. The SMILES string of the molecule is COc1ccc(OC)c(C=NNC(=O)COc2ccc(C(C)(C)C)cc2)c1. The summed E-state index contributed by atoms with van der Waals surface area (Å²) in [5, 5.41) is 3.94. The zero-order valence-electron chi connectivity index (χ0n) is 16.4. The Morgan fingerprint density at radius 3 is 2.30 bits per heavy atom. The molecule has 0 unspecified atom stereocenters. The third-order valence-corrected chi connectivity index (χ3v) is 3.92. The van der Waals surface area contributed by atoms with Crippen molar-refractivity contribution in [2.24, 2.45) is 5.10 Å². The Morgan fingerprint density at radius 1 is 1.04 bits per heavy atom. The molecule has 0 saturated heterocycles. The minimum atomic E-state index is -0.354. The largest absolute Gasteiger partial charge is 0.497 e. The van der Waals surface area contributed by atoms with Gasteiger partial charge in [-0.25, -0.2) is 5.43 Å². The van der Waals surface area contributed by atoms with Crippen molar-refractivity contribution in [2.75, 3.05) is 20.8 Å². The van der Waals surface area contributed by atoms with Gasteiger partial charge in [-0.1, -0.05) is 32.9 Å². The Labute approximate surface area is 160 Å². The molecule has 2 rings (SSSR count). The molecule has 0 saturated carbocycles. The highest BCUT2D eigenvalue weighted by Gasteiger charge is 2.13. The van der Waals surface area contributed by atoms with E-state index in [-0.39, 0.29) is 17.9 Å². The van der Waals surface area contributed by atoms with Crippen molar-refractivity contribution >= 4 is 12.1 Å². The van der Waals surface area contributed by atoms with Crippen LogP contribution in [0, 0.1) is 0 Å². The number of hydrogen-bond donors (Lipinski definition) is 1. The van der Waals surface area contributed by atoms with Crippen LogP contribution in [0.3, 0.4) is 0 Å². The third kappa shape index (κ3) is 6.02. The minimum Gasteiger partial charge on any atom is -0.497 e. The molecule has 27 heavy (non-hydrogen) atoms. The third-order valence-electron chi connectivity index (χ3n) is 3.92. The number of nitrogens with zero attached hydrogens (tertiary/aromatic N) is 1. The fourth-order valence-electron chi connectivity index (χ4n) is 2.35. The first kappa shape index (κ1) is 20.3. The number of ether oxygens (including phenoxy) is 3. The molecule has 1 amide bonds. The normalized spacial score (nSPS) is 11.3. The van der Waals surface area contributed by atoms with Crippen molar-refractivity contribution in [1.29, 1.82) is 0 Å². The summed E-state index contributed by atoms with van der Waals surface area (Å²) in [6.45, 7) is 6.31. The smallest absolute Gasteiger partial charge is 0.277 e. The van der Waals surface area contributed by atoms with Gasteiger partial charge in [0.15, 0.2) is 6.61 Å². The first-order valence-electron chi connectivity index (χ1n) is 8.61. The van der Waals surface area contributed by atoms with Crippen LogP contribution in [0.4, 0.5) is 0 Å². The Balaban J connectivity index is 1.88. The van der Waals surface area contributed by atoms with Crippen LogP contribution < -0.4 is 19.6 Å². The first-order chi connectivity index (χ1) is 12.8. The molecule has 0 aliphatic rings. The van der Waals surface area contributed by atoms with Crippen LogP contribution in [-0.4, -0.2) is 32.9 Å². The van der Waals surface area contributed by atoms with Crippen LogP contribution in [0.2, 0.25) is 0 Å². The lowest BCUT2D eigenvalue weighted by Gasteiger charge is -2.19. The van der Waals surface area contributed by atoms with E-state index in [1.165, 1.54) is 11.8 Å². The van der Waals surface area contributed by atoms with Gasteiger partial charge in [-0.2, -0.15) is 5.10 Å². The quantitative estimate of drug-likeness (QED) is 0.598. The molecular weight excluding hydrogens is 344 g/mol. The van der Waals surface area contributed by atoms with Gasteiger partial charge >= 0.3 is 0 Å². The van der Waals surface area contributed by atoms with E-state index in [1.807, 2.05) is 24.3 Å². The molecule has 144 valence electrons. The molecule has 2 aromatic rings. The van der Waals surface area contributed by atoms with Crippen LogP contribution >= 0.6 is 0 Å². The van der Waals surface area contributed by atoms with Crippen molar-refractivity contribution in [3.05, 3.63) is 53.6 Å². The minimum absolute atomic E-state index is 0.0752. The standard InChI is InChI=1S/C21H26N2O4/c1-21(2,3)16-6-8-17(9-7-16)27-14-20(24)23-22-13-15-12-18(25-4)10-11-19(15)26-5/h6-13H,14H2,1-5H3,(H,23,24). The summed E-state index contributed by atoms with van der Waals surface area (Å²) >= 11 is 0. The van der Waals surface area contributed by atoms with E-state index < -0.39 is 0 Å². The fraction of sp³-hybridized carbons (Fsp3) is 0.333.